The molecule has 0 aliphatic carbocycles. The number of carbonyl (C=O) groups is 2. The van der Waals surface area contributed by atoms with E-state index in [1.165, 1.54) is 0 Å². The predicted octanol–water partition coefficient (Wildman–Crippen LogP) is 3.27. The van der Waals surface area contributed by atoms with E-state index in [1.54, 1.807) is 17.9 Å². The number of benzene rings is 2. The number of hydrogen-bond donors (Lipinski definition) is 1. The zero-order valence-electron chi connectivity index (χ0n) is 18.9. The van der Waals surface area contributed by atoms with Crippen molar-refractivity contribution < 1.29 is 19.1 Å². The number of fused-ring (bicyclic) bond motifs is 1. The minimum atomic E-state index is -0.327. The fourth-order valence-electron chi connectivity index (χ4n) is 3.87. The van der Waals surface area contributed by atoms with Crippen molar-refractivity contribution in [1.82, 2.24) is 20.0 Å². The lowest BCUT2D eigenvalue weighted by atomic mass is 10.2. The van der Waals surface area contributed by atoms with Gasteiger partial charge in [-0.15, -0.1) is 0 Å². The zero-order chi connectivity index (χ0) is 23.2. The number of ether oxygens (including phenoxy) is 2. The Morgan fingerprint density at radius 2 is 1.88 bits per heavy atom. The van der Waals surface area contributed by atoms with Gasteiger partial charge in [0.25, 0.3) is 11.8 Å². The molecule has 1 N–H and O–H groups in total. The van der Waals surface area contributed by atoms with Crippen molar-refractivity contribution in [3.8, 4) is 11.5 Å². The van der Waals surface area contributed by atoms with Crippen LogP contribution in [0.5, 0.6) is 11.5 Å². The molecule has 0 radical (unpaired) electrons. The molecule has 2 heterocycles. The molecule has 8 heteroatoms. The minimum absolute atomic E-state index is 0.112. The van der Waals surface area contributed by atoms with Crippen LogP contribution in [-0.2, 0) is 19.6 Å². The Hall–Kier alpha value is -3.81. The van der Waals surface area contributed by atoms with Crippen LogP contribution in [0.4, 0.5) is 0 Å². The topological polar surface area (TPSA) is 85.7 Å². The monoisotopic (exact) mass is 448 g/mol. The molecule has 0 unspecified atom stereocenters. The normalized spacial score (nSPS) is 13.3. The quantitative estimate of drug-likeness (QED) is 0.572. The molecule has 0 atom stereocenters. The Morgan fingerprint density at radius 3 is 2.64 bits per heavy atom. The highest BCUT2D eigenvalue weighted by atomic mass is 16.5. The van der Waals surface area contributed by atoms with Gasteiger partial charge in [0.15, 0.2) is 17.2 Å². The highest BCUT2D eigenvalue weighted by Crippen LogP contribution is 2.28. The molecule has 1 aromatic heterocycles. The van der Waals surface area contributed by atoms with Gasteiger partial charge in [-0.2, -0.15) is 5.10 Å². The molecule has 4 rings (SSSR count). The lowest BCUT2D eigenvalue weighted by Gasteiger charge is -2.20. The number of hydrogen-bond acceptors (Lipinski definition) is 5. The molecule has 2 aromatic carbocycles. The first-order chi connectivity index (χ1) is 16.1. The van der Waals surface area contributed by atoms with Gasteiger partial charge in [0.1, 0.15) is 5.69 Å². The van der Waals surface area contributed by atoms with Crippen LogP contribution in [0.1, 0.15) is 45.4 Å². The molecule has 33 heavy (non-hydrogen) atoms. The molecule has 0 fully saturated rings. The smallest absolute Gasteiger partial charge is 0.272 e. The first kappa shape index (κ1) is 22.4. The summed E-state index contributed by atoms with van der Waals surface area (Å²) in [4.78, 5) is 27.7. The molecule has 2 amide bonds. The second-order valence-corrected chi connectivity index (χ2v) is 7.80. The summed E-state index contributed by atoms with van der Waals surface area (Å²) in [7, 11) is 1.59. The van der Waals surface area contributed by atoms with Crippen molar-refractivity contribution in [3.05, 3.63) is 77.1 Å². The number of methoxy groups -OCH3 is 1. The number of nitrogens with one attached hydrogen (secondary N) is 1. The highest BCUT2D eigenvalue weighted by molar-refractivity contribution is 5.98. The van der Waals surface area contributed by atoms with Crippen LogP contribution in [0, 0.1) is 0 Å². The molecular weight excluding hydrogens is 420 g/mol. The van der Waals surface area contributed by atoms with Crippen molar-refractivity contribution >= 4 is 11.8 Å². The van der Waals surface area contributed by atoms with E-state index in [4.69, 9.17) is 9.47 Å². The van der Waals surface area contributed by atoms with Gasteiger partial charge in [0, 0.05) is 32.2 Å². The molecular formula is C25H28N4O4. The summed E-state index contributed by atoms with van der Waals surface area (Å²) in [6.07, 6.45) is 0.778. The molecule has 0 saturated carbocycles. The molecule has 8 nitrogen and oxygen atoms in total. The van der Waals surface area contributed by atoms with Gasteiger partial charge in [-0.05, 0) is 36.6 Å². The Balaban J connectivity index is 1.44. The summed E-state index contributed by atoms with van der Waals surface area (Å²) in [5.41, 5.74) is 2.62. The Bertz CT molecular complexity index is 1130. The van der Waals surface area contributed by atoms with E-state index in [0.29, 0.717) is 50.0 Å². The van der Waals surface area contributed by atoms with Gasteiger partial charge in [0.05, 0.1) is 13.7 Å². The minimum Gasteiger partial charge on any atom is -0.493 e. The third-order valence-corrected chi connectivity index (χ3v) is 5.51. The van der Waals surface area contributed by atoms with Crippen molar-refractivity contribution in [2.24, 2.45) is 0 Å². The van der Waals surface area contributed by atoms with E-state index in [2.05, 4.69) is 10.4 Å². The van der Waals surface area contributed by atoms with E-state index >= 15 is 0 Å². The number of carbonyl (C=O) groups excluding carboxylic acids is 2. The van der Waals surface area contributed by atoms with Gasteiger partial charge in [-0.25, -0.2) is 0 Å². The fraction of sp³-hybridized carbons (Fsp3) is 0.320. The second-order valence-electron chi connectivity index (χ2n) is 7.80. The first-order valence-electron chi connectivity index (χ1n) is 11.1. The number of nitrogens with zero attached hydrogens (tertiary/aromatic N) is 3. The van der Waals surface area contributed by atoms with Crippen molar-refractivity contribution in [3.63, 3.8) is 0 Å². The molecule has 0 spiro atoms. The maximum absolute atomic E-state index is 13.1. The van der Waals surface area contributed by atoms with Gasteiger partial charge in [0.2, 0.25) is 0 Å². The van der Waals surface area contributed by atoms with Gasteiger partial charge in [-0.3, -0.25) is 14.3 Å². The van der Waals surface area contributed by atoms with Gasteiger partial charge >= 0.3 is 0 Å². The van der Waals surface area contributed by atoms with Crippen LogP contribution < -0.4 is 14.8 Å². The van der Waals surface area contributed by atoms with Crippen LogP contribution in [0.3, 0.4) is 0 Å². The summed E-state index contributed by atoms with van der Waals surface area (Å²) in [5.74, 6) is 0.832. The first-order valence-corrected chi connectivity index (χ1v) is 11.1. The lowest BCUT2D eigenvalue weighted by Crippen LogP contribution is -2.30. The Labute approximate surface area is 193 Å². The van der Waals surface area contributed by atoms with Crippen molar-refractivity contribution in [2.75, 3.05) is 20.3 Å². The van der Waals surface area contributed by atoms with Crippen LogP contribution in [0.25, 0.3) is 0 Å². The standard InChI is InChI=1S/C25H28N4O4/c1-3-33-23-14-19(10-11-22(23)32-2)16-26-24(30)20-15-21-25(31)28(12-7-13-29(21)27-20)17-18-8-5-4-6-9-18/h4-6,8-11,14-15H,3,7,12-13,16-17H2,1-2H3,(H,26,30). The average molecular weight is 449 g/mol. The lowest BCUT2D eigenvalue weighted by molar-refractivity contribution is 0.0745. The summed E-state index contributed by atoms with van der Waals surface area (Å²) in [6.45, 7) is 4.50. The fourth-order valence-corrected chi connectivity index (χ4v) is 3.87. The Kier molecular flexibility index (Phi) is 6.92. The SMILES string of the molecule is CCOc1cc(CNC(=O)c2cc3n(n2)CCCN(Cc2ccccc2)C3=O)ccc1OC. The molecule has 0 bridgehead atoms. The summed E-state index contributed by atoms with van der Waals surface area (Å²) >= 11 is 0. The van der Waals surface area contributed by atoms with Crippen LogP contribution in [0.15, 0.2) is 54.6 Å². The zero-order valence-corrected chi connectivity index (χ0v) is 18.9. The van der Waals surface area contributed by atoms with E-state index in [9.17, 15) is 9.59 Å². The molecule has 1 aliphatic rings. The number of rotatable bonds is 8. The summed E-state index contributed by atoms with van der Waals surface area (Å²) in [6, 6.07) is 17.0. The predicted molar refractivity (Wildman–Crippen MR) is 123 cm³/mol. The van der Waals surface area contributed by atoms with Crippen LogP contribution in [-0.4, -0.2) is 46.8 Å². The molecule has 3 aromatic rings. The molecule has 1 aliphatic heterocycles. The van der Waals surface area contributed by atoms with E-state index in [0.717, 1.165) is 17.5 Å². The third-order valence-electron chi connectivity index (χ3n) is 5.51. The van der Waals surface area contributed by atoms with Crippen molar-refractivity contribution in [1.29, 1.82) is 0 Å². The van der Waals surface area contributed by atoms with E-state index < -0.39 is 0 Å². The third kappa shape index (κ3) is 5.16. The van der Waals surface area contributed by atoms with Gasteiger partial charge in [-0.1, -0.05) is 36.4 Å². The largest absolute Gasteiger partial charge is 0.493 e. The van der Waals surface area contributed by atoms with Crippen LogP contribution in [0.2, 0.25) is 0 Å². The second kappa shape index (κ2) is 10.2. The number of aryl methyl sites for hydroxylation is 1. The van der Waals surface area contributed by atoms with E-state index in [-0.39, 0.29) is 17.5 Å². The Morgan fingerprint density at radius 1 is 1.06 bits per heavy atom. The average Bonchev–Trinajstić information content (AvgIpc) is 3.21. The number of amides is 2. The van der Waals surface area contributed by atoms with Crippen LogP contribution >= 0.6 is 0 Å². The van der Waals surface area contributed by atoms with Gasteiger partial charge < -0.3 is 19.7 Å². The van der Waals surface area contributed by atoms with E-state index in [1.807, 2.05) is 60.4 Å². The highest BCUT2D eigenvalue weighted by Gasteiger charge is 2.26. The van der Waals surface area contributed by atoms with Crippen molar-refractivity contribution in [2.45, 2.75) is 33.0 Å². The molecule has 172 valence electrons. The summed E-state index contributed by atoms with van der Waals surface area (Å²) < 4.78 is 12.5. The summed E-state index contributed by atoms with van der Waals surface area (Å²) in [5, 5.41) is 7.28. The molecule has 0 saturated heterocycles. The maximum atomic E-state index is 13.1. The number of aromatic nitrogens is 2. The maximum Gasteiger partial charge on any atom is 0.272 e.